The van der Waals surface area contributed by atoms with Crippen LogP contribution in [0.2, 0.25) is 5.15 Å². The fraction of sp³-hybridized carbons (Fsp3) is 0.353. The van der Waals surface area contributed by atoms with Gasteiger partial charge in [-0.2, -0.15) is 5.10 Å². The lowest BCUT2D eigenvalue weighted by Crippen LogP contribution is -2.28. The molecule has 2 aromatic rings. The van der Waals surface area contributed by atoms with Gasteiger partial charge in [0, 0.05) is 6.07 Å². The number of carbonyl (C=O) groups excluding carboxylic acids is 1. The summed E-state index contributed by atoms with van der Waals surface area (Å²) in [5, 5.41) is 4.26. The van der Waals surface area contributed by atoms with E-state index >= 15 is 0 Å². The average Bonchev–Trinajstić information content (AvgIpc) is 2.47. The standard InChI is InChI=1S/C17H19ClN2O3/c1-11(20-15(21)10-9-14(18)19-20)12-7-5-6-8-13(12)16(22)23-17(2,3)4/h5-11H,1-4H3. The van der Waals surface area contributed by atoms with Gasteiger partial charge in [-0.1, -0.05) is 29.8 Å². The highest BCUT2D eigenvalue weighted by atomic mass is 35.5. The van der Waals surface area contributed by atoms with Crippen molar-refractivity contribution in [3.63, 3.8) is 0 Å². The van der Waals surface area contributed by atoms with Crippen LogP contribution in [0.5, 0.6) is 0 Å². The van der Waals surface area contributed by atoms with Gasteiger partial charge >= 0.3 is 5.97 Å². The molecule has 122 valence electrons. The third-order valence-corrected chi connectivity index (χ3v) is 3.39. The van der Waals surface area contributed by atoms with Crippen molar-refractivity contribution in [2.45, 2.75) is 39.3 Å². The summed E-state index contributed by atoms with van der Waals surface area (Å²) in [6.07, 6.45) is 0. The SMILES string of the molecule is CC(c1ccccc1C(=O)OC(C)(C)C)n1nc(Cl)ccc1=O. The second-order valence-electron chi connectivity index (χ2n) is 6.20. The monoisotopic (exact) mass is 334 g/mol. The Labute approximate surface area is 139 Å². The van der Waals surface area contributed by atoms with Crippen molar-refractivity contribution in [2.24, 2.45) is 0 Å². The summed E-state index contributed by atoms with van der Waals surface area (Å²) >= 11 is 5.88. The molecule has 0 aliphatic rings. The number of hydrogen-bond donors (Lipinski definition) is 0. The summed E-state index contributed by atoms with van der Waals surface area (Å²) in [5.74, 6) is -0.435. The van der Waals surface area contributed by atoms with E-state index < -0.39 is 17.6 Å². The molecule has 0 saturated carbocycles. The fourth-order valence-corrected chi connectivity index (χ4v) is 2.34. The predicted molar refractivity (Wildman–Crippen MR) is 88.9 cm³/mol. The molecule has 23 heavy (non-hydrogen) atoms. The second-order valence-corrected chi connectivity index (χ2v) is 6.59. The molecule has 0 radical (unpaired) electrons. The molecule has 1 heterocycles. The molecule has 1 atom stereocenters. The fourth-order valence-electron chi connectivity index (χ4n) is 2.19. The van der Waals surface area contributed by atoms with Gasteiger partial charge in [-0.15, -0.1) is 0 Å². The summed E-state index contributed by atoms with van der Waals surface area (Å²) in [4.78, 5) is 24.4. The van der Waals surface area contributed by atoms with Crippen molar-refractivity contribution in [2.75, 3.05) is 0 Å². The first kappa shape index (κ1) is 17.2. The van der Waals surface area contributed by atoms with E-state index in [1.165, 1.54) is 16.8 Å². The Morgan fingerprint density at radius 3 is 2.52 bits per heavy atom. The predicted octanol–water partition coefficient (Wildman–Crippen LogP) is 3.46. The van der Waals surface area contributed by atoms with Gasteiger partial charge in [-0.25, -0.2) is 9.48 Å². The molecule has 1 aromatic heterocycles. The van der Waals surface area contributed by atoms with Crippen molar-refractivity contribution in [1.29, 1.82) is 0 Å². The minimum atomic E-state index is -0.599. The van der Waals surface area contributed by atoms with Crippen LogP contribution in [0.1, 0.15) is 49.7 Å². The summed E-state index contributed by atoms with van der Waals surface area (Å²) < 4.78 is 6.69. The van der Waals surface area contributed by atoms with Gasteiger partial charge in [-0.05, 0) is 45.4 Å². The minimum absolute atomic E-state index is 0.214. The number of halogens is 1. The molecule has 6 heteroatoms. The van der Waals surface area contributed by atoms with Crippen molar-refractivity contribution in [1.82, 2.24) is 9.78 Å². The summed E-state index contributed by atoms with van der Waals surface area (Å²) in [6.45, 7) is 7.20. The van der Waals surface area contributed by atoms with Crippen LogP contribution in [0.25, 0.3) is 0 Å². The topological polar surface area (TPSA) is 61.2 Å². The van der Waals surface area contributed by atoms with Crippen LogP contribution in [-0.4, -0.2) is 21.4 Å². The molecule has 1 unspecified atom stereocenters. The highest BCUT2D eigenvalue weighted by molar-refractivity contribution is 6.29. The van der Waals surface area contributed by atoms with Gasteiger partial charge in [0.05, 0.1) is 11.6 Å². The zero-order valence-electron chi connectivity index (χ0n) is 13.5. The molecule has 5 nitrogen and oxygen atoms in total. The lowest BCUT2D eigenvalue weighted by atomic mass is 10.0. The first-order chi connectivity index (χ1) is 10.7. The van der Waals surface area contributed by atoms with E-state index in [9.17, 15) is 9.59 Å². The first-order valence-corrected chi connectivity index (χ1v) is 7.64. The van der Waals surface area contributed by atoms with E-state index in [-0.39, 0.29) is 10.7 Å². The van der Waals surface area contributed by atoms with Crippen molar-refractivity contribution in [3.05, 3.63) is 63.0 Å². The average molecular weight is 335 g/mol. The van der Waals surface area contributed by atoms with Crippen LogP contribution in [0.4, 0.5) is 0 Å². The number of ether oxygens (including phenoxy) is 1. The summed E-state index contributed by atoms with van der Waals surface area (Å²) in [5.41, 5.74) is 0.168. The Morgan fingerprint density at radius 1 is 1.22 bits per heavy atom. The zero-order chi connectivity index (χ0) is 17.2. The molecule has 0 bridgehead atoms. The number of esters is 1. The smallest absolute Gasteiger partial charge is 0.339 e. The Bertz CT molecular complexity index is 778. The number of benzene rings is 1. The van der Waals surface area contributed by atoms with E-state index in [1.54, 1.807) is 52.0 Å². The van der Waals surface area contributed by atoms with Gasteiger partial charge in [-0.3, -0.25) is 4.79 Å². The third kappa shape index (κ3) is 4.20. The lowest BCUT2D eigenvalue weighted by Gasteiger charge is -2.22. The molecular formula is C17H19ClN2O3. The summed E-state index contributed by atoms with van der Waals surface area (Å²) in [7, 11) is 0. The maximum atomic E-state index is 12.4. The van der Waals surface area contributed by atoms with Crippen LogP contribution >= 0.6 is 11.6 Å². The van der Waals surface area contributed by atoms with Crippen LogP contribution in [0, 0.1) is 0 Å². The molecule has 0 N–H and O–H groups in total. The number of carbonyl (C=O) groups is 1. The molecule has 0 amide bonds. The quantitative estimate of drug-likeness (QED) is 0.806. The van der Waals surface area contributed by atoms with Gasteiger partial charge in [0.15, 0.2) is 0 Å². The van der Waals surface area contributed by atoms with Gasteiger partial charge in [0.2, 0.25) is 0 Å². The number of aromatic nitrogens is 2. The van der Waals surface area contributed by atoms with Crippen LogP contribution in [0.15, 0.2) is 41.2 Å². The lowest BCUT2D eigenvalue weighted by molar-refractivity contribution is 0.00676. The number of nitrogens with zero attached hydrogens (tertiary/aromatic N) is 2. The highest BCUT2D eigenvalue weighted by Gasteiger charge is 2.23. The second kappa shape index (κ2) is 6.54. The third-order valence-electron chi connectivity index (χ3n) is 3.19. The van der Waals surface area contributed by atoms with E-state index in [0.717, 1.165) is 0 Å². The van der Waals surface area contributed by atoms with E-state index in [1.807, 2.05) is 0 Å². The zero-order valence-corrected chi connectivity index (χ0v) is 14.3. The van der Waals surface area contributed by atoms with E-state index in [2.05, 4.69) is 5.10 Å². The number of hydrogen-bond acceptors (Lipinski definition) is 4. The maximum absolute atomic E-state index is 12.4. The van der Waals surface area contributed by atoms with Crippen LogP contribution in [0.3, 0.4) is 0 Å². The maximum Gasteiger partial charge on any atom is 0.339 e. The van der Waals surface area contributed by atoms with Gasteiger partial charge in [0.1, 0.15) is 10.8 Å². The van der Waals surface area contributed by atoms with Gasteiger partial charge < -0.3 is 4.74 Å². The van der Waals surface area contributed by atoms with Crippen LogP contribution in [-0.2, 0) is 4.74 Å². The van der Waals surface area contributed by atoms with E-state index in [0.29, 0.717) is 11.1 Å². The first-order valence-electron chi connectivity index (χ1n) is 7.26. The summed E-state index contributed by atoms with van der Waals surface area (Å²) in [6, 6.07) is 9.34. The molecule has 2 rings (SSSR count). The molecule has 1 aromatic carbocycles. The van der Waals surface area contributed by atoms with Crippen molar-refractivity contribution >= 4 is 17.6 Å². The number of rotatable bonds is 3. The molecule has 0 saturated heterocycles. The van der Waals surface area contributed by atoms with Crippen molar-refractivity contribution in [3.8, 4) is 0 Å². The van der Waals surface area contributed by atoms with E-state index in [4.69, 9.17) is 16.3 Å². The molecule has 0 fully saturated rings. The molecule has 0 aliphatic heterocycles. The molecule has 0 aliphatic carbocycles. The van der Waals surface area contributed by atoms with Crippen LogP contribution < -0.4 is 5.56 Å². The van der Waals surface area contributed by atoms with Crippen molar-refractivity contribution < 1.29 is 9.53 Å². The highest BCUT2D eigenvalue weighted by Crippen LogP contribution is 2.23. The normalized spacial score (nSPS) is 12.7. The van der Waals surface area contributed by atoms with Gasteiger partial charge in [0.25, 0.3) is 5.56 Å². The molecule has 0 spiro atoms. The Balaban J connectivity index is 2.46. The Morgan fingerprint density at radius 2 is 1.87 bits per heavy atom. The Kier molecular flexibility index (Phi) is 4.90. The Hall–Kier alpha value is -2.14. The minimum Gasteiger partial charge on any atom is -0.456 e. The largest absolute Gasteiger partial charge is 0.456 e. The molecular weight excluding hydrogens is 316 g/mol.